The van der Waals surface area contributed by atoms with Gasteiger partial charge in [-0.05, 0) is 19.3 Å². The van der Waals surface area contributed by atoms with Crippen molar-refractivity contribution in [2.45, 2.75) is 50.0 Å². The highest BCUT2D eigenvalue weighted by molar-refractivity contribution is 5.79. The Hall–Kier alpha value is -1.25. The van der Waals surface area contributed by atoms with E-state index in [4.69, 9.17) is 15.9 Å². The van der Waals surface area contributed by atoms with Gasteiger partial charge >= 0.3 is 5.97 Å². The number of nitrogens with two attached hydrogens (primary N) is 1. The third kappa shape index (κ3) is 6.36. The van der Waals surface area contributed by atoms with Crippen LogP contribution in [0.5, 0.6) is 0 Å². The second-order valence-corrected chi connectivity index (χ2v) is 4.86. The van der Waals surface area contributed by atoms with Gasteiger partial charge in [0.25, 0.3) is 0 Å². The highest BCUT2D eigenvalue weighted by Crippen LogP contribution is 2.14. The van der Waals surface area contributed by atoms with E-state index in [1.54, 1.807) is 24.3 Å². The zero-order valence-electron chi connectivity index (χ0n) is 12.1. The third-order valence-corrected chi connectivity index (χ3v) is 3.14. The van der Waals surface area contributed by atoms with E-state index in [-0.39, 0.29) is 6.42 Å². The van der Waals surface area contributed by atoms with E-state index < -0.39 is 36.4 Å². The summed E-state index contributed by atoms with van der Waals surface area (Å²) in [5.41, 5.74) is 3.07. The summed E-state index contributed by atoms with van der Waals surface area (Å²) in [4.78, 5) is 10.9. The van der Waals surface area contributed by atoms with Crippen LogP contribution in [0.1, 0.15) is 26.2 Å². The van der Waals surface area contributed by atoms with Crippen LogP contribution < -0.4 is 5.73 Å². The molecule has 0 spiro atoms. The summed E-state index contributed by atoms with van der Waals surface area (Å²) in [5.74, 6) is -1.59. The van der Waals surface area contributed by atoms with E-state index >= 15 is 0 Å². The number of carboxylic acids is 1. The van der Waals surface area contributed by atoms with Crippen molar-refractivity contribution in [3.8, 4) is 0 Å². The largest absolute Gasteiger partial charge is 0.480 e. The van der Waals surface area contributed by atoms with Gasteiger partial charge in [0.05, 0.1) is 18.8 Å². The Balaban J connectivity index is 4.34. The minimum Gasteiger partial charge on any atom is -0.480 e. The summed E-state index contributed by atoms with van der Waals surface area (Å²) in [7, 11) is 0. The molecule has 21 heavy (non-hydrogen) atoms. The molecule has 0 saturated carbocycles. The lowest BCUT2D eigenvalue weighted by molar-refractivity contribution is -0.154. The molecule has 0 aromatic carbocycles. The van der Waals surface area contributed by atoms with Crippen molar-refractivity contribution in [1.29, 1.82) is 0 Å². The van der Waals surface area contributed by atoms with E-state index in [0.29, 0.717) is 12.8 Å². The fourth-order valence-corrected chi connectivity index (χ4v) is 1.54. The lowest BCUT2D eigenvalue weighted by Gasteiger charge is -2.30. The number of aliphatic hydroxyl groups excluding tert-OH is 4. The Labute approximate surface area is 124 Å². The van der Waals surface area contributed by atoms with Crippen molar-refractivity contribution in [2.24, 2.45) is 5.73 Å². The monoisotopic (exact) mass is 303 g/mol. The first-order chi connectivity index (χ1) is 9.79. The number of aliphatic carboxylic acids is 1. The maximum Gasteiger partial charge on any atom is 0.328 e. The zero-order valence-corrected chi connectivity index (χ0v) is 12.1. The minimum atomic E-state index is -2.29. The molecule has 0 aliphatic rings. The second-order valence-electron chi connectivity index (χ2n) is 4.86. The van der Waals surface area contributed by atoms with Crippen LogP contribution in [0.25, 0.3) is 0 Å². The Kier molecular flexibility index (Phi) is 9.07. The maximum absolute atomic E-state index is 10.9. The molecule has 0 rings (SSSR count). The molecule has 122 valence electrons. The van der Waals surface area contributed by atoms with Gasteiger partial charge in [-0.15, -0.1) is 0 Å². The van der Waals surface area contributed by atoms with E-state index in [1.165, 1.54) is 0 Å². The fraction of sp³-hybridized carbons (Fsp3) is 0.643. The van der Waals surface area contributed by atoms with Crippen molar-refractivity contribution < 1.29 is 30.3 Å². The van der Waals surface area contributed by atoms with Crippen LogP contribution in [0.3, 0.4) is 0 Å². The third-order valence-electron chi connectivity index (χ3n) is 3.14. The summed E-state index contributed by atoms with van der Waals surface area (Å²) in [6.45, 7) is 0.868. The molecule has 0 saturated heterocycles. The van der Waals surface area contributed by atoms with Crippen LogP contribution >= 0.6 is 0 Å². The number of carbonyl (C=O) groups is 1. The SMILES string of the molecule is CCC(O)/C=C/C/C=C/CC(O)C(O)C(N)(CO)C(=O)O. The van der Waals surface area contributed by atoms with Crippen molar-refractivity contribution in [2.75, 3.05) is 6.61 Å². The molecule has 0 bridgehead atoms. The smallest absolute Gasteiger partial charge is 0.328 e. The van der Waals surface area contributed by atoms with E-state index in [2.05, 4.69) is 0 Å². The molecule has 4 atom stereocenters. The molecule has 4 unspecified atom stereocenters. The van der Waals surface area contributed by atoms with E-state index in [1.807, 2.05) is 6.92 Å². The molecule has 0 aliphatic carbocycles. The molecule has 7 heteroatoms. The first-order valence-corrected chi connectivity index (χ1v) is 6.78. The van der Waals surface area contributed by atoms with E-state index in [0.717, 1.165) is 0 Å². The van der Waals surface area contributed by atoms with E-state index in [9.17, 15) is 20.1 Å². The second kappa shape index (κ2) is 9.64. The average Bonchev–Trinajstić information content (AvgIpc) is 2.47. The summed E-state index contributed by atoms with van der Waals surface area (Å²) < 4.78 is 0. The molecular formula is C14H25NO6. The highest BCUT2D eigenvalue weighted by atomic mass is 16.4. The number of allylic oxidation sites excluding steroid dienone is 2. The van der Waals surface area contributed by atoms with Gasteiger partial charge in [-0.2, -0.15) is 0 Å². The van der Waals surface area contributed by atoms with Crippen LogP contribution in [0, 0.1) is 0 Å². The van der Waals surface area contributed by atoms with Gasteiger partial charge in [-0.3, -0.25) is 4.79 Å². The average molecular weight is 303 g/mol. The van der Waals surface area contributed by atoms with Gasteiger partial charge in [0.2, 0.25) is 0 Å². The highest BCUT2D eigenvalue weighted by Gasteiger charge is 2.44. The number of hydrogen-bond donors (Lipinski definition) is 6. The van der Waals surface area contributed by atoms with Crippen LogP contribution in [-0.4, -0.2) is 62.0 Å². The molecule has 0 fully saturated rings. The number of hydrogen-bond acceptors (Lipinski definition) is 6. The Bertz CT molecular complexity index is 370. The topological polar surface area (TPSA) is 144 Å². The van der Waals surface area contributed by atoms with Crippen LogP contribution in [0.15, 0.2) is 24.3 Å². The van der Waals surface area contributed by atoms with Crippen molar-refractivity contribution in [3.63, 3.8) is 0 Å². The van der Waals surface area contributed by atoms with Crippen molar-refractivity contribution in [1.82, 2.24) is 0 Å². The molecule has 0 amide bonds. The molecule has 7 nitrogen and oxygen atoms in total. The maximum atomic E-state index is 10.9. The molecule has 0 heterocycles. The lowest BCUT2D eigenvalue weighted by atomic mass is 9.89. The molecule has 0 radical (unpaired) electrons. The van der Waals surface area contributed by atoms with Crippen LogP contribution in [-0.2, 0) is 4.79 Å². The Morgan fingerprint density at radius 1 is 1.24 bits per heavy atom. The van der Waals surface area contributed by atoms with Gasteiger partial charge in [0.15, 0.2) is 5.54 Å². The summed E-state index contributed by atoms with van der Waals surface area (Å²) in [5, 5.41) is 46.5. The Morgan fingerprint density at radius 3 is 2.33 bits per heavy atom. The van der Waals surface area contributed by atoms with Crippen LogP contribution in [0.4, 0.5) is 0 Å². The summed E-state index contributed by atoms with van der Waals surface area (Å²) in [6, 6.07) is 0. The molecule has 0 aliphatic heterocycles. The van der Waals surface area contributed by atoms with Crippen molar-refractivity contribution >= 4 is 5.97 Å². The fourth-order valence-electron chi connectivity index (χ4n) is 1.54. The van der Waals surface area contributed by atoms with Gasteiger partial charge in [0.1, 0.15) is 6.10 Å². The summed E-state index contributed by atoms with van der Waals surface area (Å²) in [6.07, 6.45) is 4.15. The molecule has 0 aromatic rings. The lowest BCUT2D eigenvalue weighted by Crippen LogP contribution is -2.63. The summed E-state index contributed by atoms with van der Waals surface area (Å²) >= 11 is 0. The first kappa shape index (κ1) is 19.8. The number of carboxylic acid groups (broad SMARTS) is 1. The molecular weight excluding hydrogens is 278 g/mol. The normalized spacial score (nSPS) is 19.5. The zero-order chi connectivity index (χ0) is 16.5. The molecule has 0 aromatic heterocycles. The first-order valence-electron chi connectivity index (χ1n) is 6.78. The Morgan fingerprint density at radius 2 is 1.86 bits per heavy atom. The minimum absolute atomic E-state index is 0.00241. The predicted molar refractivity (Wildman–Crippen MR) is 77.5 cm³/mol. The van der Waals surface area contributed by atoms with Gasteiger partial charge in [0, 0.05) is 0 Å². The number of rotatable bonds is 10. The van der Waals surface area contributed by atoms with Gasteiger partial charge in [-0.1, -0.05) is 31.2 Å². The van der Waals surface area contributed by atoms with Crippen molar-refractivity contribution in [3.05, 3.63) is 24.3 Å². The number of aliphatic hydroxyl groups is 4. The standard InChI is InChI=1S/C14H25NO6/c1-2-10(17)7-5-3-4-6-8-11(18)12(19)14(15,9-16)13(20)21/h4-7,10-12,16-19H,2-3,8-9,15H2,1H3,(H,20,21)/b6-4+,7-5+. The van der Waals surface area contributed by atoms with Gasteiger partial charge in [-0.25, -0.2) is 0 Å². The van der Waals surface area contributed by atoms with Crippen LogP contribution in [0.2, 0.25) is 0 Å². The molecule has 7 N–H and O–H groups in total. The quantitative estimate of drug-likeness (QED) is 0.288. The van der Waals surface area contributed by atoms with Gasteiger partial charge < -0.3 is 31.3 Å². The predicted octanol–water partition coefficient (Wildman–Crippen LogP) is -0.854.